The fourth-order valence-electron chi connectivity index (χ4n) is 1.92. The third-order valence-corrected chi connectivity index (χ3v) is 2.87. The summed E-state index contributed by atoms with van der Waals surface area (Å²) in [5, 5.41) is 0. The van der Waals surface area contributed by atoms with E-state index in [1.54, 1.807) is 4.90 Å². The van der Waals surface area contributed by atoms with E-state index in [9.17, 15) is 4.79 Å². The Bertz CT molecular complexity index is 469. The van der Waals surface area contributed by atoms with Crippen LogP contribution in [0.4, 0.5) is 4.79 Å². The van der Waals surface area contributed by atoms with Crippen LogP contribution >= 0.6 is 0 Å². The molecule has 0 aliphatic rings. The van der Waals surface area contributed by atoms with E-state index in [-0.39, 0.29) is 6.09 Å². The standard InChI is InChI=1S/C16H17NO2/c1-19-16(18)17(12-14-8-4-2-5-9-14)13-15-10-6-3-7-11-15/h2-11H,12-13H2,1H3. The van der Waals surface area contributed by atoms with Gasteiger partial charge in [0, 0.05) is 13.1 Å². The van der Waals surface area contributed by atoms with Crippen LogP contribution in [-0.2, 0) is 17.8 Å². The molecule has 0 unspecified atom stereocenters. The van der Waals surface area contributed by atoms with Gasteiger partial charge in [-0.25, -0.2) is 4.79 Å². The predicted molar refractivity (Wildman–Crippen MR) is 74.5 cm³/mol. The predicted octanol–water partition coefficient (Wildman–Crippen LogP) is 3.46. The quantitative estimate of drug-likeness (QED) is 0.837. The van der Waals surface area contributed by atoms with E-state index in [1.165, 1.54) is 7.11 Å². The molecule has 0 saturated heterocycles. The van der Waals surface area contributed by atoms with Crippen molar-refractivity contribution in [3.05, 3.63) is 71.8 Å². The first-order valence-corrected chi connectivity index (χ1v) is 6.20. The van der Waals surface area contributed by atoms with E-state index in [1.807, 2.05) is 60.7 Å². The highest BCUT2D eigenvalue weighted by atomic mass is 16.5. The largest absolute Gasteiger partial charge is 0.453 e. The summed E-state index contributed by atoms with van der Waals surface area (Å²) in [7, 11) is 1.41. The normalized spacial score (nSPS) is 9.95. The first-order valence-electron chi connectivity index (χ1n) is 6.20. The SMILES string of the molecule is COC(=O)N(Cc1ccccc1)Cc1ccccc1. The topological polar surface area (TPSA) is 29.5 Å². The Balaban J connectivity index is 2.10. The van der Waals surface area contributed by atoms with Crippen molar-refractivity contribution in [2.45, 2.75) is 13.1 Å². The molecular weight excluding hydrogens is 238 g/mol. The van der Waals surface area contributed by atoms with Crippen molar-refractivity contribution in [2.75, 3.05) is 7.11 Å². The maximum atomic E-state index is 11.8. The lowest BCUT2D eigenvalue weighted by atomic mass is 10.2. The van der Waals surface area contributed by atoms with Gasteiger partial charge >= 0.3 is 6.09 Å². The van der Waals surface area contributed by atoms with Gasteiger partial charge in [0.05, 0.1) is 7.11 Å². The summed E-state index contributed by atoms with van der Waals surface area (Å²) >= 11 is 0. The van der Waals surface area contributed by atoms with Crippen LogP contribution in [0, 0.1) is 0 Å². The van der Waals surface area contributed by atoms with Gasteiger partial charge in [-0.1, -0.05) is 60.7 Å². The Hall–Kier alpha value is -2.29. The van der Waals surface area contributed by atoms with Gasteiger partial charge in [0.25, 0.3) is 0 Å². The molecule has 0 heterocycles. The van der Waals surface area contributed by atoms with Crippen molar-refractivity contribution < 1.29 is 9.53 Å². The van der Waals surface area contributed by atoms with E-state index in [0.717, 1.165) is 11.1 Å². The third-order valence-electron chi connectivity index (χ3n) is 2.87. The molecular formula is C16H17NO2. The lowest BCUT2D eigenvalue weighted by Gasteiger charge is -2.21. The van der Waals surface area contributed by atoms with Gasteiger partial charge in [-0.05, 0) is 11.1 Å². The second-order valence-electron chi connectivity index (χ2n) is 4.30. The zero-order chi connectivity index (χ0) is 13.5. The Morgan fingerprint density at radius 1 is 0.895 bits per heavy atom. The monoisotopic (exact) mass is 255 g/mol. The van der Waals surface area contributed by atoms with E-state index >= 15 is 0 Å². The van der Waals surface area contributed by atoms with Crippen molar-refractivity contribution in [3.63, 3.8) is 0 Å². The van der Waals surface area contributed by atoms with Crippen LogP contribution in [0.25, 0.3) is 0 Å². The maximum Gasteiger partial charge on any atom is 0.410 e. The molecule has 1 amide bonds. The molecule has 3 heteroatoms. The molecule has 0 fully saturated rings. The molecule has 0 aliphatic heterocycles. The lowest BCUT2D eigenvalue weighted by Crippen LogP contribution is -2.29. The molecule has 2 rings (SSSR count). The van der Waals surface area contributed by atoms with Crippen LogP contribution in [0.1, 0.15) is 11.1 Å². The van der Waals surface area contributed by atoms with E-state index in [4.69, 9.17) is 4.74 Å². The highest BCUT2D eigenvalue weighted by Gasteiger charge is 2.14. The minimum atomic E-state index is -0.312. The van der Waals surface area contributed by atoms with Crippen LogP contribution < -0.4 is 0 Å². The third kappa shape index (κ3) is 3.85. The minimum absolute atomic E-state index is 0.312. The zero-order valence-electron chi connectivity index (χ0n) is 11.0. The second-order valence-corrected chi connectivity index (χ2v) is 4.30. The fraction of sp³-hybridized carbons (Fsp3) is 0.188. The van der Waals surface area contributed by atoms with Crippen molar-refractivity contribution in [1.29, 1.82) is 0 Å². The van der Waals surface area contributed by atoms with Crippen molar-refractivity contribution >= 4 is 6.09 Å². The summed E-state index contributed by atoms with van der Waals surface area (Å²) in [6.07, 6.45) is -0.312. The number of benzene rings is 2. The first-order chi connectivity index (χ1) is 9.29. The molecule has 0 atom stereocenters. The zero-order valence-corrected chi connectivity index (χ0v) is 11.0. The summed E-state index contributed by atoms with van der Waals surface area (Å²) in [6.45, 7) is 1.09. The highest BCUT2D eigenvalue weighted by Crippen LogP contribution is 2.11. The van der Waals surface area contributed by atoms with E-state index < -0.39 is 0 Å². The van der Waals surface area contributed by atoms with Gasteiger partial charge in [0.2, 0.25) is 0 Å². The molecule has 0 N–H and O–H groups in total. The smallest absolute Gasteiger partial charge is 0.410 e. The van der Waals surface area contributed by atoms with Gasteiger partial charge in [0.15, 0.2) is 0 Å². The Kier molecular flexibility index (Phi) is 4.56. The van der Waals surface area contributed by atoms with Gasteiger partial charge < -0.3 is 4.74 Å². The van der Waals surface area contributed by atoms with Gasteiger partial charge in [0.1, 0.15) is 0 Å². The summed E-state index contributed by atoms with van der Waals surface area (Å²) in [5.74, 6) is 0. The van der Waals surface area contributed by atoms with Gasteiger partial charge in [-0.3, -0.25) is 4.90 Å². The maximum absolute atomic E-state index is 11.8. The number of amides is 1. The summed E-state index contributed by atoms with van der Waals surface area (Å²) < 4.78 is 4.84. The van der Waals surface area contributed by atoms with Gasteiger partial charge in [-0.2, -0.15) is 0 Å². The first kappa shape index (κ1) is 13.1. The molecule has 98 valence electrons. The van der Waals surface area contributed by atoms with Crippen LogP contribution in [0.3, 0.4) is 0 Å². The average Bonchev–Trinajstić information content (AvgIpc) is 2.48. The van der Waals surface area contributed by atoms with Crippen LogP contribution in [-0.4, -0.2) is 18.1 Å². The average molecular weight is 255 g/mol. The minimum Gasteiger partial charge on any atom is -0.453 e. The molecule has 0 spiro atoms. The number of rotatable bonds is 4. The molecule has 0 radical (unpaired) electrons. The Morgan fingerprint density at radius 2 is 1.32 bits per heavy atom. The molecule has 2 aromatic rings. The Morgan fingerprint density at radius 3 is 1.68 bits per heavy atom. The van der Waals surface area contributed by atoms with Crippen molar-refractivity contribution in [1.82, 2.24) is 4.90 Å². The van der Waals surface area contributed by atoms with E-state index in [0.29, 0.717) is 13.1 Å². The molecule has 0 saturated carbocycles. The summed E-state index contributed by atoms with van der Waals surface area (Å²) in [4.78, 5) is 13.5. The van der Waals surface area contributed by atoms with Gasteiger partial charge in [-0.15, -0.1) is 0 Å². The molecule has 3 nitrogen and oxygen atoms in total. The van der Waals surface area contributed by atoms with Crippen LogP contribution in [0.15, 0.2) is 60.7 Å². The fourth-order valence-corrected chi connectivity index (χ4v) is 1.92. The summed E-state index contributed by atoms with van der Waals surface area (Å²) in [6, 6.07) is 19.8. The Labute approximate surface area is 113 Å². The highest BCUT2D eigenvalue weighted by molar-refractivity contribution is 5.67. The summed E-state index contributed by atoms with van der Waals surface area (Å²) in [5.41, 5.74) is 2.17. The molecule has 0 bridgehead atoms. The molecule has 2 aromatic carbocycles. The number of methoxy groups -OCH3 is 1. The molecule has 0 aromatic heterocycles. The number of nitrogens with zero attached hydrogens (tertiary/aromatic N) is 1. The number of hydrogen-bond donors (Lipinski definition) is 0. The molecule has 19 heavy (non-hydrogen) atoms. The van der Waals surface area contributed by atoms with Crippen LogP contribution in [0.2, 0.25) is 0 Å². The number of hydrogen-bond acceptors (Lipinski definition) is 2. The number of ether oxygens (including phenoxy) is 1. The number of carbonyl (C=O) groups is 1. The van der Waals surface area contributed by atoms with E-state index in [2.05, 4.69) is 0 Å². The van der Waals surface area contributed by atoms with Crippen LogP contribution in [0.5, 0.6) is 0 Å². The van der Waals surface area contributed by atoms with Crippen molar-refractivity contribution in [2.24, 2.45) is 0 Å². The van der Waals surface area contributed by atoms with Crippen molar-refractivity contribution in [3.8, 4) is 0 Å². The second kappa shape index (κ2) is 6.59. The lowest BCUT2D eigenvalue weighted by molar-refractivity contribution is 0.118. The molecule has 0 aliphatic carbocycles. The number of carbonyl (C=O) groups excluding carboxylic acids is 1.